The van der Waals surface area contributed by atoms with Gasteiger partial charge in [0.2, 0.25) is 5.88 Å². The summed E-state index contributed by atoms with van der Waals surface area (Å²) in [4.78, 5) is 3.89. The van der Waals surface area contributed by atoms with Crippen LogP contribution >= 0.6 is 0 Å². The molecule has 1 rings (SSSR count). The molecule has 1 aromatic heterocycles. The van der Waals surface area contributed by atoms with E-state index in [4.69, 9.17) is 9.84 Å². The van der Waals surface area contributed by atoms with Crippen LogP contribution in [0.25, 0.3) is 0 Å². The summed E-state index contributed by atoms with van der Waals surface area (Å²) in [6.07, 6.45) is -4.10. The van der Waals surface area contributed by atoms with Crippen LogP contribution in [0.4, 0.5) is 19.0 Å². The van der Waals surface area contributed by atoms with Gasteiger partial charge >= 0.3 is 6.18 Å². The van der Waals surface area contributed by atoms with Gasteiger partial charge in [0.25, 0.3) is 0 Å². The Morgan fingerprint density at radius 3 is 2.67 bits per heavy atom. The van der Waals surface area contributed by atoms with Crippen LogP contribution in [-0.4, -0.2) is 29.8 Å². The van der Waals surface area contributed by atoms with Gasteiger partial charge in [0.1, 0.15) is 5.82 Å². The minimum atomic E-state index is -4.44. The fourth-order valence-electron chi connectivity index (χ4n) is 1.26. The molecule has 0 atom stereocenters. The highest BCUT2D eigenvalue weighted by atomic mass is 19.4. The first-order chi connectivity index (χ1) is 8.47. The van der Waals surface area contributed by atoms with Crippen molar-refractivity contribution >= 4 is 5.82 Å². The van der Waals surface area contributed by atoms with E-state index in [2.05, 4.69) is 10.3 Å². The monoisotopic (exact) mass is 264 g/mol. The van der Waals surface area contributed by atoms with Crippen LogP contribution in [0.3, 0.4) is 0 Å². The van der Waals surface area contributed by atoms with Gasteiger partial charge in [-0.05, 0) is 13.0 Å². The van der Waals surface area contributed by atoms with Crippen molar-refractivity contribution in [1.29, 1.82) is 0 Å². The smallest absolute Gasteiger partial charge is 0.416 e. The molecule has 0 fully saturated rings. The van der Waals surface area contributed by atoms with Crippen molar-refractivity contribution in [2.75, 3.05) is 25.1 Å². The summed E-state index contributed by atoms with van der Waals surface area (Å²) in [5, 5.41) is 11.3. The molecule has 18 heavy (non-hydrogen) atoms. The quantitative estimate of drug-likeness (QED) is 0.774. The molecule has 1 aromatic rings. The lowest BCUT2D eigenvalue weighted by Crippen LogP contribution is -2.10. The summed E-state index contributed by atoms with van der Waals surface area (Å²) in [7, 11) is 0. The molecular weight excluding hydrogens is 249 g/mol. The second-order valence-electron chi connectivity index (χ2n) is 3.53. The first kappa shape index (κ1) is 14.6. The summed E-state index contributed by atoms with van der Waals surface area (Å²) in [6, 6.07) is 1.78. The Bertz CT molecular complexity index is 383. The molecule has 0 aliphatic heterocycles. The minimum absolute atomic E-state index is 0.0843. The molecule has 0 spiro atoms. The summed E-state index contributed by atoms with van der Waals surface area (Å²) < 4.78 is 42.9. The molecule has 0 bridgehead atoms. The maximum absolute atomic E-state index is 12.6. The van der Waals surface area contributed by atoms with E-state index in [1.165, 1.54) is 0 Å². The van der Waals surface area contributed by atoms with E-state index in [0.29, 0.717) is 13.0 Å². The number of aliphatic hydroxyl groups excluding tert-OH is 1. The molecule has 0 amide bonds. The Balaban J connectivity index is 2.91. The predicted molar refractivity (Wildman–Crippen MR) is 60.6 cm³/mol. The van der Waals surface area contributed by atoms with E-state index < -0.39 is 11.7 Å². The van der Waals surface area contributed by atoms with E-state index in [1.807, 2.05) is 0 Å². The molecule has 1 heterocycles. The fraction of sp³-hybridized carbons (Fsp3) is 0.545. The molecule has 0 radical (unpaired) electrons. The van der Waals surface area contributed by atoms with Crippen molar-refractivity contribution in [2.45, 2.75) is 19.5 Å². The van der Waals surface area contributed by atoms with Crippen molar-refractivity contribution in [2.24, 2.45) is 0 Å². The van der Waals surface area contributed by atoms with Crippen LogP contribution in [0.15, 0.2) is 12.1 Å². The topological polar surface area (TPSA) is 54.4 Å². The van der Waals surface area contributed by atoms with Gasteiger partial charge in [-0.2, -0.15) is 18.2 Å². The normalized spacial score (nSPS) is 11.4. The number of aromatic nitrogens is 1. The van der Waals surface area contributed by atoms with Crippen molar-refractivity contribution in [3.05, 3.63) is 17.7 Å². The lowest BCUT2D eigenvalue weighted by atomic mass is 10.2. The van der Waals surface area contributed by atoms with Gasteiger partial charge in [-0.25, -0.2) is 0 Å². The number of alkyl halides is 3. The van der Waals surface area contributed by atoms with Crippen LogP contribution in [0.1, 0.15) is 18.9 Å². The van der Waals surface area contributed by atoms with Gasteiger partial charge in [-0.15, -0.1) is 0 Å². The standard InChI is InChI=1S/C11H15F3N2O2/c1-2-15-9-6-8(11(12,13)14)7-10(16-9)18-5-3-4-17/h6-7,17H,2-5H2,1H3,(H,15,16). The molecule has 2 N–H and O–H groups in total. The number of rotatable bonds is 6. The van der Waals surface area contributed by atoms with Crippen LogP contribution in [0.2, 0.25) is 0 Å². The van der Waals surface area contributed by atoms with Crippen LogP contribution in [-0.2, 0) is 6.18 Å². The largest absolute Gasteiger partial charge is 0.478 e. The molecule has 7 heteroatoms. The zero-order chi connectivity index (χ0) is 13.6. The van der Waals surface area contributed by atoms with Gasteiger partial charge in [0.15, 0.2) is 0 Å². The number of nitrogens with zero attached hydrogens (tertiary/aromatic N) is 1. The average Bonchev–Trinajstić information content (AvgIpc) is 2.28. The Morgan fingerprint density at radius 2 is 2.11 bits per heavy atom. The molecule has 0 unspecified atom stereocenters. The fourth-order valence-corrected chi connectivity index (χ4v) is 1.26. The van der Waals surface area contributed by atoms with E-state index in [0.717, 1.165) is 12.1 Å². The Morgan fingerprint density at radius 1 is 1.39 bits per heavy atom. The van der Waals surface area contributed by atoms with Crippen LogP contribution in [0.5, 0.6) is 5.88 Å². The molecule has 0 aliphatic rings. The SMILES string of the molecule is CCNc1cc(C(F)(F)F)cc(OCCCO)n1. The molecule has 0 aliphatic carbocycles. The molecule has 4 nitrogen and oxygen atoms in total. The maximum atomic E-state index is 12.6. The number of ether oxygens (including phenoxy) is 1. The lowest BCUT2D eigenvalue weighted by molar-refractivity contribution is -0.137. The lowest BCUT2D eigenvalue weighted by Gasteiger charge is -2.12. The molecular formula is C11H15F3N2O2. The predicted octanol–water partition coefficient (Wildman–Crippen LogP) is 2.29. The summed E-state index contributed by atoms with van der Waals surface area (Å²) in [5.74, 6) is 0.0144. The summed E-state index contributed by atoms with van der Waals surface area (Å²) in [5.41, 5.74) is -0.813. The van der Waals surface area contributed by atoms with Crippen molar-refractivity contribution in [3.8, 4) is 5.88 Å². The van der Waals surface area contributed by atoms with Crippen molar-refractivity contribution < 1.29 is 23.0 Å². The number of pyridine rings is 1. The molecule has 0 aromatic carbocycles. The highest BCUT2D eigenvalue weighted by Crippen LogP contribution is 2.32. The van der Waals surface area contributed by atoms with Gasteiger partial charge < -0.3 is 15.2 Å². The zero-order valence-electron chi connectivity index (χ0n) is 9.92. The first-order valence-electron chi connectivity index (χ1n) is 5.54. The highest BCUT2D eigenvalue weighted by molar-refractivity contribution is 5.42. The number of hydrogen-bond donors (Lipinski definition) is 2. The number of aliphatic hydroxyl groups is 1. The summed E-state index contributed by atoms with van der Waals surface area (Å²) in [6.45, 7) is 2.26. The zero-order valence-corrected chi connectivity index (χ0v) is 9.92. The van der Waals surface area contributed by atoms with Crippen molar-refractivity contribution in [3.63, 3.8) is 0 Å². The van der Waals surface area contributed by atoms with Gasteiger partial charge in [0, 0.05) is 25.6 Å². The van der Waals surface area contributed by atoms with Gasteiger partial charge in [-0.3, -0.25) is 0 Å². The van der Waals surface area contributed by atoms with Crippen molar-refractivity contribution in [1.82, 2.24) is 4.98 Å². The maximum Gasteiger partial charge on any atom is 0.416 e. The van der Waals surface area contributed by atoms with Gasteiger partial charge in [0.05, 0.1) is 12.2 Å². The Labute approximate surface area is 103 Å². The highest BCUT2D eigenvalue weighted by Gasteiger charge is 2.31. The third-order valence-corrected chi connectivity index (χ3v) is 2.04. The number of halogens is 3. The van der Waals surface area contributed by atoms with E-state index >= 15 is 0 Å². The third-order valence-electron chi connectivity index (χ3n) is 2.04. The van der Waals surface area contributed by atoms with E-state index in [-0.39, 0.29) is 24.9 Å². The number of nitrogens with one attached hydrogen (secondary N) is 1. The summed E-state index contributed by atoms with van der Waals surface area (Å²) >= 11 is 0. The Hall–Kier alpha value is -1.50. The minimum Gasteiger partial charge on any atom is -0.478 e. The molecule has 102 valence electrons. The molecule has 0 saturated carbocycles. The second kappa shape index (κ2) is 6.44. The van der Waals surface area contributed by atoms with Gasteiger partial charge in [-0.1, -0.05) is 0 Å². The van der Waals surface area contributed by atoms with E-state index in [9.17, 15) is 13.2 Å². The third kappa shape index (κ3) is 4.40. The number of hydrogen-bond acceptors (Lipinski definition) is 4. The Kier molecular flexibility index (Phi) is 5.21. The number of anilines is 1. The second-order valence-corrected chi connectivity index (χ2v) is 3.53. The van der Waals surface area contributed by atoms with Crippen LogP contribution in [0, 0.1) is 0 Å². The average molecular weight is 264 g/mol. The first-order valence-corrected chi connectivity index (χ1v) is 5.54. The van der Waals surface area contributed by atoms with E-state index in [1.54, 1.807) is 6.92 Å². The van der Waals surface area contributed by atoms with Crippen LogP contribution < -0.4 is 10.1 Å². The molecule has 0 saturated heterocycles.